The van der Waals surface area contributed by atoms with Crippen molar-refractivity contribution in [2.45, 2.75) is 84.7 Å². The summed E-state index contributed by atoms with van der Waals surface area (Å²) >= 11 is 0. The molecule has 40 heavy (non-hydrogen) atoms. The smallest absolute Gasteiger partial charge is 0.408 e. The molecule has 0 aliphatic rings. The summed E-state index contributed by atoms with van der Waals surface area (Å²) in [6, 6.07) is 5.87. The predicted molar refractivity (Wildman–Crippen MR) is 153 cm³/mol. The van der Waals surface area contributed by atoms with Crippen molar-refractivity contribution in [2.24, 2.45) is 11.8 Å². The van der Waals surface area contributed by atoms with Crippen molar-refractivity contribution in [3.8, 4) is 0 Å². The number of benzene rings is 1. The van der Waals surface area contributed by atoms with Gasteiger partial charge in [-0.05, 0) is 44.6 Å². The number of ether oxygens (including phenoxy) is 3. The molecule has 3 amide bonds. The zero-order chi connectivity index (χ0) is 30.6. The summed E-state index contributed by atoms with van der Waals surface area (Å²) in [7, 11) is 2.95. The number of rotatable bonds is 14. The van der Waals surface area contributed by atoms with Crippen LogP contribution < -0.4 is 10.6 Å². The molecule has 224 valence electrons. The molecule has 0 radical (unpaired) electrons. The second kappa shape index (κ2) is 16.0. The van der Waals surface area contributed by atoms with E-state index in [1.807, 2.05) is 19.9 Å². The minimum Gasteiger partial charge on any atom is -0.460 e. The standard InChI is InChI=1S/C30H47N3O7/c1-11-17-39-28(36)22(18-19(2)3)33(9)27(35)23(20(4)5)31-26(34)24(32-29(37)40-30(6,7)8)25(38-10)21-15-13-12-14-16-21/h11-16,19-20,22-25H,1,17-18H2,2-10H3,(H,31,34)(H,32,37)/t22-,23-,24-,25+/m0/s1. The number of hydrogen-bond acceptors (Lipinski definition) is 7. The van der Waals surface area contributed by atoms with Gasteiger partial charge in [-0.2, -0.15) is 0 Å². The van der Waals surface area contributed by atoms with Crippen molar-refractivity contribution in [3.05, 3.63) is 48.6 Å². The molecular weight excluding hydrogens is 514 g/mol. The Balaban J connectivity index is 3.34. The molecule has 1 rings (SSSR count). The van der Waals surface area contributed by atoms with E-state index in [0.29, 0.717) is 12.0 Å². The molecule has 1 aromatic carbocycles. The van der Waals surface area contributed by atoms with Crippen LogP contribution in [0.3, 0.4) is 0 Å². The van der Waals surface area contributed by atoms with E-state index in [4.69, 9.17) is 14.2 Å². The maximum Gasteiger partial charge on any atom is 0.408 e. The molecule has 0 aromatic heterocycles. The zero-order valence-corrected chi connectivity index (χ0v) is 25.4. The van der Waals surface area contributed by atoms with Crippen LogP contribution in [0.1, 0.15) is 66.6 Å². The molecule has 0 fully saturated rings. The van der Waals surface area contributed by atoms with Crippen molar-refractivity contribution < 1.29 is 33.4 Å². The van der Waals surface area contributed by atoms with E-state index in [2.05, 4.69) is 17.2 Å². The van der Waals surface area contributed by atoms with Crippen LogP contribution in [-0.2, 0) is 28.6 Å². The van der Waals surface area contributed by atoms with Gasteiger partial charge in [-0.25, -0.2) is 9.59 Å². The van der Waals surface area contributed by atoms with Crippen LogP contribution in [-0.4, -0.2) is 73.3 Å². The monoisotopic (exact) mass is 561 g/mol. The molecule has 10 nitrogen and oxygen atoms in total. The van der Waals surface area contributed by atoms with E-state index in [1.54, 1.807) is 58.9 Å². The Morgan fingerprint density at radius 3 is 2.08 bits per heavy atom. The highest BCUT2D eigenvalue weighted by molar-refractivity contribution is 5.93. The van der Waals surface area contributed by atoms with Gasteiger partial charge in [-0.15, -0.1) is 0 Å². The maximum atomic E-state index is 13.7. The number of nitrogens with one attached hydrogen (secondary N) is 2. The summed E-state index contributed by atoms with van der Waals surface area (Å²) in [6.45, 7) is 16.2. The van der Waals surface area contributed by atoms with E-state index >= 15 is 0 Å². The predicted octanol–water partition coefficient (Wildman–Crippen LogP) is 4.01. The van der Waals surface area contributed by atoms with Crippen LogP contribution in [0.15, 0.2) is 43.0 Å². The summed E-state index contributed by atoms with van der Waals surface area (Å²) in [6.07, 6.45) is 0.147. The lowest BCUT2D eigenvalue weighted by Crippen LogP contribution is -2.59. The zero-order valence-electron chi connectivity index (χ0n) is 25.4. The fourth-order valence-electron chi connectivity index (χ4n) is 4.05. The van der Waals surface area contributed by atoms with Crippen molar-refractivity contribution in [2.75, 3.05) is 20.8 Å². The van der Waals surface area contributed by atoms with Crippen LogP contribution in [0.2, 0.25) is 0 Å². The quantitative estimate of drug-likeness (QED) is 0.260. The van der Waals surface area contributed by atoms with Gasteiger partial charge in [0.15, 0.2) is 0 Å². The van der Waals surface area contributed by atoms with Gasteiger partial charge in [0.25, 0.3) is 0 Å². The van der Waals surface area contributed by atoms with Crippen molar-refractivity contribution in [3.63, 3.8) is 0 Å². The Morgan fingerprint density at radius 1 is 1.00 bits per heavy atom. The van der Waals surface area contributed by atoms with Gasteiger partial charge in [0, 0.05) is 14.2 Å². The van der Waals surface area contributed by atoms with Crippen LogP contribution in [0, 0.1) is 11.8 Å². The summed E-state index contributed by atoms with van der Waals surface area (Å²) in [5.41, 5.74) is -0.154. The number of nitrogens with zero attached hydrogens (tertiary/aromatic N) is 1. The molecule has 0 aliphatic heterocycles. The first-order valence-corrected chi connectivity index (χ1v) is 13.5. The fraction of sp³-hybridized carbons (Fsp3) is 0.600. The molecule has 0 unspecified atom stereocenters. The molecule has 0 saturated heterocycles. The number of esters is 1. The fourth-order valence-corrected chi connectivity index (χ4v) is 4.05. The third-order valence-electron chi connectivity index (χ3n) is 6.00. The third-order valence-corrected chi connectivity index (χ3v) is 6.00. The van der Waals surface area contributed by atoms with Gasteiger partial charge >= 0.3 is 12.1 Å². The summed E-state index contributed by atoms with van der Waals surface area (Å²) in [5, 5.41) is 5.41. The van der Waals surface area contributed by atoms with Crippen molar-refractivity contribution in [1.82, 2.24) is 15.5 Å². The van der Waals surface area contributed by atoms with Gasteiger partial charge in [-0.3, -0.25) is 9.59 Å². The minimum atomic E-state index is -1.23. The Kier molecular flexibility index (Phi) is 13.9. The van der Waals surface area contributed by atoms with Gasteiger partial charge in [0.2, 0.25) is 11.8 Å². The van der Waals surface area contributed by atoms with Gasteiger partial charge < -0.3 is 29.7 Å². The normalized spacial score (nSPS) is 14.5. The van der Waals surface area contributed by atoms with Gasteiger partial charge in [0.05, 0.1) is 0 Å². The highest BCUT2D eigenvalue weighted by Crippen LogP contribution is 2.23. The van der Waals surface area contributed by atoms with E-state index in [0.717, 1.165) is 0 Å². The number of hydrogen-bond donors (Lipinski definition) is 2. The number of alkyl carbamates (subject to hydrolysis) is 1. The molecule has 0 aliphatic carbocycles. The second-order valence-electron chi connectivity index (χ2n) is 11.4. The highest BCUT2D eigenvalue weighted by atomic mass is 16.6. The number of methoxy groups -OCH3 is 1. The first-order chi connectivity index (χ1) is 18.6. The first kappa shape index (κ1) is 34.6. The molecule has 1 aromatic rings. The molecule has 0 heterocycles. The van der Waals surface area contributed by atoms with Crippen LogP contribution in [0.25, 0.3) is 0 Å². The lowest BCUT2D eigenvalue weighted by atomic mass is 9.97. The third kappa shape index (κ3) is 11.0. The topological polar surface area (TPSA) is 123 Å². The molecule has 4 atom stereocenters. The van der Waals surface area contributed by atoms with E-state index < -0.39 is 53.7 Å². The molecule has 0 bridgehead atoms. The van der Waals surface area contributed by atoms with E-state index in [9.17, 15) is 19.2 Å². The van der Waals surface area contributed by atoms with Gasteiger partial charge in [0.1, 0.15) is 36.4 Å². The lowest BCUT2D eigenvalue weighted by Gasteiger charge is -2.34. The van der Waals surface area contributed by atoms with E-state index in [-0.39, 0.29) is 18.4 Å². The number of carbonyl (C=O) groups is 4. The summed E-state index contributed by atoms with van der Waals surface area (Å²) in [5.74, 6) is -1.90. The van der Waals surface area contributed by atoms with Gasteiger partial charge in [-0.1, -0.05) is 70.7 Å². The molecular formula is C30H47N3O7. The second-order valence-corrected chi connectivity index (χ2v) is 11.4. The van der Waals surface area contributed by atoms with Crippen LogP contribution in [0.5, 0.6) is 0 Å². The molecule has 0 spiro atoms. The van der Waals surface area contributed by atoms with Crippen LogP contribution >= 0.6 is 0 Å². The Bertz CT molecular complexity index is 989. The largest absolute Gasteiger partial charge is 0.460 e. The molecule has 10 heteroatoms. The average molecular weight is 562 g/mol. The highest BCUT2D eigenvalue weighted by Gasteiger charge is 2.38. The number of amides is 3. The molecule has 0 saturated carbocycles. The Labute approximate surface area is 238 Å². The average Bonchev–Trinajstić information content (AvgIpc) is 2.87. The number of likely N-dealkylation sites (N-methyl/N-ethyl adjacent to an activating group) is 1. The first-order valence-electron chi connectivity index (χ1n) is 13.5. The SMILES string of the molecule is C=CCOC(=O)[C@H](CC(C)C)N(C)C(=O)[C@@H](NC(=O)[C@@H](NC(=O)OC(C)(C)C)[C@H](OC)c1ccccc1)C(C)C. The number of carbonyl (C=O) groups excluding carboxylic acids is 4. The minimum absolute atomic E-state index is 0.0235. The van der Waals surface area contributed by atoms with Crippen LogP contribution in [0.4, 0.5) is 4.79 Å². The van der Waals surface area contributed by atoms with Crippen molar-refractivity contribution >= 4 is 23.9 Å². The lowest BCUT2D eigenvalue weighted by molar-refractivity contribution is -0.155. The van der Waals surface area contributed by atoms with Crippen molar-refractivity contribution in [1.29, 1.82) is 0 Å². The van der Waals surface area contributed by atoms with E-state index in [1.165, 1.54) is 25.1 Å². The Hall–Kier alpha value is -3.40. The summed E-state index contributed by atoms with van der Waals surface area (Å²) in [4.78, 5) is 54.3. The summed E-state index contributed by atoms with van der Waals surface area (Å²) < 4.78 is 16.3. The molecule has 2 N–H and O–H groups in total. The Morgan fingerprint density at radius 2 is 1.60 bits per heavy atom. The maximum absolute atomic E-state index is 13.7.